The fraction of sp³-hybridized carbons (Fsp3) is 0.500. The van der Waals surface area contributed by atoms with E-state index in [9.17, 15) is 0 Å². The number of aromatic nitrogens is 4. The van der Waals surface area contributed by atoms with Crippen molar-refractivity contribution in [1.29, 1.82) is 0 Å². The van der Waals surface area contributed by atoms with Crippen molar-refractivity contribution >= 4 is 11.6 Å². The molecule has 0 fully saturated rings. The summed E-state index contributed by atoms with van der Waals surface area (Å²) in [6.07, 6.45) is 3.59. The van der Waals surface area contributed by atoms with Gasteiger partial charge in [-0.1, -0.05) is 11.6 Å². The summed E-state index contributed by atoms with van der Waals surface area (Å²) < 4.78 is 9.18. The van der Waals surface area contributed by atoms with E-state index < -0.39 is 0 Å². The Kier molecular flexibility index (Phi) is 3.61. The van der Waals surface area contributed by atoms with Crippen LogP contribution >= 0.6 is 11.6 Å². The summed E-state index contributed by atoms with van der Waals surface area (Å²) >= 11 is 6.14. The Labute approximate surface area is 111 Å². The van der Waals surface area contributed by atoms with Gasteiger partial charge in [0, 0.05) is 18.7 Å². The molecule has 2 rings (SSSR count). The van der Waals surface area contributed by atoms with Crippen LogP contribution in [0, 0.1) is 6.92 Å². The zero-order chi connectivity index (χ0) is 13.3. The maximum atomic E-state index is 6.14. The molecule has 18 heavy (non-hydrogen) atoms. The summed E-state index contributed by atoms with van der Waals surface area (Å²) in [5.74, 6) is 0.739. The first-order valence-electron chi connectivity index (χ1n) is 5.84. The van der Waals surface area contributed by atoms with E-state index in [1.165, 1.54) is 0 Å². The van der Waals surface area contributed by atoms with Gasteiger partial charge in [-0.3, -0.25) is 9.36 Å². The number of halogens is 1. The van der Waals surface area contributed by atoms with Crippen molar-refractivity contribution in [3.05, 3.63) is 28.8 Å². The molecule has 0 N–H and O–H groups in total. The molecule has 0 aliphatic carbocycles. The highest BCUT2D eigenvalue weighted by Gasteiger charge is 2.12. The molecule has 0 saturated carbocycles. The van der Waals surface area contributed by atoms with Crippen LogP contribution in [0.3, 0.4) is 0 Å². The Balaban J connectivity index is 2.06. The third kappa shape index (κ3) is 2.51. The second-order valence-electron chi connectivity index (χ2n) is 4.52. The van der Waals surface area contributed by atoms with E-state index in [4.69, 9.17) is 16.3 Å². The molecule has 0 atom stereocenters. The van der Waals surface area contributed by atoms with Crippen LogP contribution in [-0.4, -0.2) is 19.6 Å². The number of aryl methyl sites for hydroxylation is 2. The average Bonchev–Trinajstić information content (AvgIpc) is 2.85. The van der Waals surface area contributed by atoms with Crippen molar-refractivity contribution in [3.8, 4) is 5.75 Å². The number of ether oxygens (including phenoxy) is 1. The molecule has 2 heterocycles. The van der Waals surface area contributed by atoms with Gasteiger partial charge in [-0.2, -0.15) is 10.2 Å². The molecule has 2 aromatic rings. The van der Waals surface area contributed by atoms with Crippen molar-refractivity contribution in [2.45, 2.75) is 33.4 Å². The predicted octanol–water partition coefficient (Wildman–Crippen LogP) is 2.74. The first kappa shape index (κ1) is 13.0. The maximum Gasteiger partial charge on any atom is 0.157 e. The molecule has 98 valence electrons. The van der Waals surface area contributed by atoms with Gasteiger partial charge >= 0.3 is 0 Å². The molecular weight excluding hydrogens is 252 g/mol. The van der Waals surface area contributed by atoms with Crippen molar-refractivity contribution < 1.29 is 4.74 Å². The highest BCUT2D eigenvalue weighted by molar-refractivity contribution is 6.30. The highest BCUT2D eigenvalue weighted by atomic mass is 35.5. The normalized spacial score (nSPS) is 11.2. The minimum absolute atomic E-state index is 0.325. The van der Waals surface area contributed by atoms with E-state index in [0.717, 1.165) is 17.0 Å². The quantitative estimate of drug-likeness (QED) is 0.856. The van der Waals surface area contributed by atoms with Crippen molar-refractivity contribution in [2.24, 2.45) is 7.05 Å². The molecule has 0 unspecified atom stereocenters. The van der Waals surface area contributed by atoms with E-state index in [-0.39, 0.29) is 0 Å². The third-order valence-corrected chi connectivity index (χ3v) is 3.23. The van der Waals surface area contributed by atoms with Gasteiger partial charge < -0.3 is 4.74 Å². The van der Waals surface area contributed by atoms with Gasteiger partial charge in [0.25, 0.3) is 0 Å². The lowest BCUT2D eigenvalue weighted by molar-refractivity contribution is 0.304. The Morgan fingerprint density at radius 2 is 2.17 bits per heavy atom. The van der Waals surface area contributed by atoms with E-state index in [1.54, 1.807) is 10.9 Å². The number of nitrogens with zero attached hydrogens (tertiary/aromatic N) is 4. The van der Waals surface area contributed by atoms with Crippen LogP contribution in [-0.2, 0) is 13.7 Å². The van der Waals surface area contributed by atoms with Gasteiger partial charge in [0.2, 0.25) is 0 Å². The molecule has 0 aromatic carbocycles. The van der Waals surface area contributed by atoms with Crippen LogP contribution in [0.25, 0.3) is 0 Å². The minimum Gasteiger partial charge on any atom is -0.485 e. The molecule has 0 spiro atoms. The summed E-state index contributed by atoms with van der Waals surface area (Å²) in [5, 5.41) is 9.07. The largest absolute Gasteiger partial charge is 0.485 e. The Morgan fingerprint density at radius 3 is 2.67 bits per heavy atom. The topological polar surface area (TPSA) is 44.9 Å². The number of hydrogen-bond acceptors (Lipinski definition) is 3. The minimum atomic E-state index is 0.325. The summed E-state index contributed by atoms with van der Waals surface area (Å²) in [5.41, 5.74) is 1.80. The van der Waals surface area contributed by atoms with Crippen LogP contribution in [0.15, 0.2) is 12.4 Å². The van der Waals surface area contributed by atoms with Gasteiger partial charge in [-0.05, 0) is 20.8 Å². The molecule has 5 nitrogen and oxygen atoms in total. The second kappa shape index (κ2) is 5.02. The first-order chi connectivity index (χ1) is 8.49. The summed E-state index contributed by atoms with van der Waals surface area (Å²) in [6, 6.07) is 0.325. The molecule has 0 radical (unpaired) electrons. The van der Waals surface area contributed by atoms with Crippen LogP contribution in [0.5, 0.6) is 5.75 Å². The molecule has 0 amide bonds. The van der Waals surface area contributed by atoms with Crippen LogP contribution in [0.4, 0.5) is 0 Å². The Morgan fingerprint density at radius 1 is 1.44 bits per heavy atom. The second-order valence-corrected chi connectivity index (χ2v) is 4.87. The molecule has 0 aliphatic heterocycles. The number of hydrogen-bond donors (Lipinski definition) is 0. The average molecular weight is 269 g/mol. The zero-order valence-corrected chi connectivity index (χ0v) is 11.8. The smallest absolute Gasteiger partial charge is 0.157 e. The number of rotatable bonds is 4. The zero-order valence-electron chi connectivity index (χ0n) is 11.0. The van der Waals surface area contributed by atoms with Crippen LogP contribution < -0.4 is 4.74 Å². The van der Waals surface area contributed by atoms with E-state index in [2.05, 4.69) is 24.0 Å². The highest BCUT2D eigenvalue weighted by Crippen LogP contribution is 2.21. The van der Waals surface area contributed by atoms with Gasteiger partial charge in [-0.15, -0.1) is 0 Å². The van der Waals surface area contributed by atoms with E-state index in [1.807, 2.05) is 24.9 Å². The molecular formula is C12H17ClN4O. The van der Waals surface area contributed by atoms with E-state index >= 15 is 0 Å². The van der Waals surface area contributed by atoms with E-state index in [0.29, 0.717) is 17.8 Å². The predicted molar refractivity (Wildman–Crippen MR) is 69.9 cm³/mol. The third-order valence-electron chi connectivity index (χ3n) is 2.76. The molecule has 0 saturated heterocycles. The summed E-state index contributed by atoms with van der Waals surface area (Å²) in [4.78, 5) is 0. The molecule has 6 heteroatoms. The van der Waals surface area contributed by atoms with Gasteiger partial charge in [0.1, 0.15) is 11.8 Å². The van der Waals surface area contributed by atoms with Gasteiger partial charge in [0.05, 0.1) is 18.1 Å². The summed E-state index contributed by atoms with van der Waals surface area (Å²) in [7, 11) is 1.82. The fourth-order valence-corrected chi connectivity index (χ4v) is 1.90. The molecule has 0 aliphatic rings. The van der Waals surface area contributed by atoms with Crippen LogP contribution in [0.1, 0.15) is 31.1 Å². The Bertz CT molecular complexity index is 544. The van der Waals surface area contributed by atoms with Crippen molar-refractivity contribution in [1.82, 2.24) is 19.6 Å². The van der Waals surface area contributed by atoms with Gasteiger partial charge in [-0.25, -0.2) is 0 Å². The Hall–Kier alpha value is -1.49. The fourth-order valence-electron chi connectivity index (χ4n) is 1.67. The standard InChI is InChI=1S/C12H17ClN4O/c1-8(2)17-6-10(5-14-17)18-7-11-9(3)15-16(4)12(11)13/h5-6,8H,7H2,1-4H3. The lowest BCUT2D eigenvalue weighted by atomic mass is 10.3. The van der Waals surface area contributed by atoms with Crippen LogP contribution in [0.2, 0.25) is 5.15 Å². The van der Waals surface area contributed by atoms with Crippen molar-refractivity contribution in [2.75, 3.05) is 0 Å². The molecule has 2 aromatic heterocycles. The van der Waals surface area contributed by atoms with Gasteiger partial charge in [0.15, 0.2) is 5.75 Å². The summed E-state index contributed by atoms with van der Waals surface area (Å²) in [6.45, 7) is 6.46. The SMILES string of the molecule is Cc1nn(C)c(Cl)c1COc1cnn(C(C)C)c1. The lowest BCUT2D eigenvalue weighted by Crippen LogP contribution is -2.00. The lowest BCUT2D eigenvalue weighted by Gasteiger charge is -2.04. The first-order valence-corrected chi connectivity index (χ1v) is 6.21. The monoisotopic (exact) mass is 268 g/mol. The molecule has 0 bridgehead atoms. The maximum absolute atomic E-state index is 6.14. The van der Waals surface area contributed by atoms with Crippen molar-refractivity contribution in [3.63, 3.8) is 0 Å².